The molecular formula is C13H16F3N3O2. The summed E-state index contributed by atoms with van der Waals surface area (Å²) in [5.74, 6) is -0.831. The molecule has 1 aromatic rings. The monoisotopic (exact) mass is 303 g/mol. The minimum atomic E-state index is -4.59. The summed E-state index contributed by atoms with van der Waals surface area (Å²) in [7, 11) is 3.10. The van der Waals surface area contributed by atoms with Crippen LogP contribution in [0.4, 0.5) is 18.0 Å². The van der Waals surface area contributed by atoms with Gasteiger partial charge in [0.1, 0.15) is 0 Å². The molecule has 0 aromatic heterocycles. The van der Waals surface area contributed by atoms with Crippen LogP contribution in [0.1, 0.15) is 15.9 Å². The Kier molecular flexibility index (Phi) is 5.57. The van der Waals surface area contributed by atoms with Crippen LogP contribution in [0.25, 0.3) is 0 Å². The summed E-state index contributed by atoms with van der Waals surface area (Å²) in [5, 5.41) is 4.82. The molecule has 0 aliphatic carbocycles. The molecule has 0 fully saturated rings. The minimum Gasteiger partial charge on any atom is -0.350 e. The van der Waals surface area contributed by atoms with Crippen LogP contribution in [0, 0.1) is 0 Å². The van der Waals surface area contributed by atoms with E-state index >= 15 is 0 Å². The van der Waals surface area contributed by atoms with Crippen LogP contribution in [0.15, 0.2) is 24.3 Å². The Morgan fingerprint density at radius 1 is 1.10 bits per heavy atom. The zero-order valence-electron chi connectivity index (χ0n) is 11.6. The molecule has 0 spiro atoms. The van der Waals surface area contributed by atoms with E-state index in [4.69, 9.17) is 0 Å². The number of carbonyl (C=O) groups is 2. The van der Waals surface area contributed by atoms with E-state index in [-0.39, 0.29) is 19.1 Å². The van der Waals surface area contributed by atoms with Crippen LogP contribution in [0.2, 0.25) is 0 Å². The molecule has 0 bridgehead atoms. The van der Waals surface area contributed by atoms with Crippen LogP contribution >= 0.6 is 0 Å². The average molecular weight is 303 g/mol. The minimum absolute atomic E-state index is 0.0323. The summed E-state index contributed by atoms with van der Waals surface area (Å²) in [6.07, 6.45) is -4.59. The lowest BCUT2D eigenvalue weighted by molar-refractivity contribution is -0.137. The Balaban J connectivity index is 2.59. The van der Waals surface area contributed by atoms with E-state index in [2.05, 4.69) is 10.6 Å². The molecule has 0 saturated carbocycles. The first-order valence-corrected chi connectivity index (χ1v) is 6.13. The predicted molar refractivity (Wildman–Crippen MR) is 70.9 cm³/mol. The molecule has 3 amide bonds. The van der Waals surface area contributed by atoms with Gasteiger partial charge in [-0.3, -0.25) is 4.79 Å². The Morgan fingerprint density at radius 2 is 1.67 bits per heavy atom. The molecule has 5 nitrogen and oxygen atoms in total. The van der Waals surface area contributed by atoms with E-state index in [9.17, 15) is 22.8 Å². The lowest BCUT2D eigenvalue weighted by Gasteiger charge is -2.14. The number of carbonyl (C=O) groups excluding carboxylic acids is 2. The second kappa shape index (κ2) is 6.96. The van der Waals surface area contributed by atoms with Crippen molar-refractivity contribution in [2.45, 2.75) is 6.18 Å². The number of hydrogen-bond donors (Lipinski definition) is 2. The number of urea groups is 1. The van der Waals surface area contributed by atoms with Gasteiger partial charge in [-0.25, -0.2) is 4.79 Å². The first-order chi connectivity index (χ1) is 9.73. The van der Waals surface area contributed by atoms with Gasteiger partial charge in [-0.15, -0.1) is 0 Å². The molecule has 8 heteroatoms. The number of alkyl halides is 3. The lowest BCUT2D eigenvalue weighted by atomic mass is 10.1. The van der Waals surface area contributed by atoms with Gasteiger partial charge in [-0.1, -0.05) is 12.1 Å². The quantitative estimate of drug-likeness (QED) is 0.832. The summed E-state index contributed by atoms with van der Waals surface area (Å²) < 4.78 is 38.2. The van der Waals surface area contributed by atoms with Crippen molar-refractivity contribution in [2.24, 2.45) is 0 Å². The molecule has 0 heterocycles. The van der Waals surface area contributed by atoms with Crippen molar-refractivity contribution < 1.29 is 22.8 Å². The number of nitrogens with zero attached hydrogens (tertiary/aromatic N) is 1. The molecule has 0 atom stereocenters. The second-order valence-electron chi connectivity index (χ2n) is 4.43. The largest absolute Gasteiger partial charge is 0.417 e. The van der Waals surface area contributed by atoms with E-state index in [0.29, 0.717) is 0 Å². The highest BCUT2D eigenvalue weighted by atomic mass is 19.4. The van der Waals surface area contributed by atoms with E-state index in [1.165, 1.54) is 17.0 Å². The summed E-state index contributed by atoms with van der Waals surface area (Å²) in [5.41, 5.74) is -1.43. The summed E-state index contributed by atoms with van der Waals surface area (Å²) in [6.45, 7) is 0.154. The van der Waals surface area contributed by atoms with E-state index < -0.39 is 23.2 Å². The van der Waals surface area contributed by atoms with Crippen LogP contribution in [-0.4, -0.2) is 44.0 Å². The maximum absolute atomic E-state index is 12.7. The van der Waals surface area contributed by atoms with E-state index in [0.717, 1.165) is 12.1 Å². The van der Waals surface area contributed by atoms with Crippen LogP contribution < -0.4 is 10.6 Å². The molecule has 1 rings (SSSR count). The van der Waals surface area contributed by atoms with Gasteiger partial charge in [0, 0.05) is 27.2 Å². The van der Waals surface area contributed by atoms with Gasteiger partial charge in [0.15, 0.2) is 0 Å². The summed E-state index contributed by atoms with van der Waals surface area (Å²) >= 11 is 0. The van der Waals surface area contributed by atoms with Crippen molar-refractivity contribution in [3.8, 4) is 0 Å². The number of rotatable bonds is 4. The SMILES string of the molecule is CN(C)C(=O)NCCNC(=O)c1ccccc1C(F)(F)F. The van der Waals surface area contributed by atoms with Gasteiger partial charge in [-0.05, 0) is 12.1 Å². The molecule has 2 N–H and O–H groups in total. The fourth-order valence-electron chi connectivity index (χ4n) is 1.53. The maximum atomic E-state index is 12.7. The summed E-state index contributed by atoms with van der Waals surface area (Å²) in [6, 6.07) is 4.19. The van der Waals surface area contributed by atoms with E-state index in [1.54, 1.807) is 14.1 Å². The molecular weight excluding hydrogens is 287 g/mol. The molecule has 0 unspecified atom stereocenters. The van der Waals surface area contributed by atoms with Crippen molar-refractivity contribution in [3.05, 3.63) is 35.4 Å². The molecule has 21 heavy (non-hydrogen) atoms. The van der Waals surface area contributed by atoms with Gasteiger partial charge < -0.3 is 15.5 Å². The van der Waals surface area contributed by atoms with Gasteiger partial charge in [0.2, 0.25) is 0 Å². The number of halogens is 3. The maximum Gasteiger partial charge on any atom is 0.417 e. The van der Waals surface area contributed by atoms with Gasteiger partial charge >= 0.3 is 12.2 Å². The molecule has 0 aliphatic rings. The third-order valence-corrected chi connectivity index (χ3v) is 2.57. The van der Waals surface area contributed by atoms with Crippen molar-refractivity contribution in [1.82, 2.24) is 15.5 Å². The van der Waals surface area contributed by atoms with E-state index in [1.807, 2.05) is 0 Å². The number of benzene rings is 1. The third kappa shape index (κ3) is 4.97. The Bertz CT molecular complexity index is 516. The zero-order valence-corrected chi connectivity index (χ0v) is 11.6. The Hall–Kier alpha value is -2.25. The molecule has 1 aromatic carbocycles. The number of nitrogens with one attached hydrogen (secondary N) is 2. The van der Waals surface area contributed by atoms with Crippen molar-refractivity contribution >= 4 is 11.9 Å². The first kappa shape index (κ1) is 16.8. The topological polar surface area (TPSA) is 61.4 Å². The van der Waals surface area contributed by atoms with Gasteiger partial charge in [0.25, 0.3) is 5.91 Å². The number of hydrogen-bond acceptors (Lipinski definition) is 2. The third-order valence-electron chi connectivity index (χ3n) is 2.57. The fourth-order valence-corrected chi connectivity index (χ4v) is 1.53. The normalized spacial score (nSPS) is 10.9. The molecule has 116 valence electrons. The second-order valence-corrected chi connectivity index (χ2v) is 4.43. The fraction of sp³-hybridized carbons (Fsp3) is 0.385. The van der Waals surface area contributed by atoms with Crippen LogP contribution in [-0.2, 0) is 6.18 Å². The predicted octanol–water partition coefficient (Wildman–Crippen LogP) is 1.71. The molecule has 0 aliphatic heterocycles. The average Bonchev–Trinajstić information content (AvgIpc) is 2.42. The smallest absolute Gasteiger partial charge is 0.350 e. The summed E-state index contributed by atoms with van der Waals surface area (Å²) in [4.78, 5) is 24.3. The highest BCUT2D eigenvalue weighted by Crippen LogP contribution is 2.31. The Morgan fingerprint density at radius 3 is 2.24 bits per heavy atom. The Labute approximate surface area is 120 Å². The number of amides is 3. The lowest BCUT2D eigenvalue weighted by Crippen LogP contribution is -2.39. The highest BCUT2D eigenvalue weighted by molar-refractivity contribution is 5.95. The first-order valence-electron chi connectivity index (χ1n) is 6.13. The molecule has 0 saturated heterocycles. The van der Waals surface area contributed by atoms with Gasteiger partial charge in [-0.2, -0.15) is 13.2 Å². The van der Waals surface area contributed by atoms with Crippen molar-refractivity contribution in [2.75, 3.05) is 27.2 Å². The van der Waals surface area contributed by atoms with Crippen molar-refractivity contribution in [3.63, 3.8) is 0 Å². The van der Waals surface area contributed by atoms with Crippen LogP contribution in [0.5, 0.6) is 0 Å². The van der Waals surface area contributed by atoms with Gasteiger partial charge in [0.05, 0.1) is 11.1 Å². The zero-order chi connectivity index (χ0) is 16.0. The van der Waals surface area contributed by atoms with Crippen molar-refractivity contribution in [1.29, 1.82) is 0 Å². The van der Waals surface area contributed by atoms with Crippen LogP contribution in [0.3, 0.4) is 0 Å². The highest BCUT2D eigenvalue weighted by Gasteiger charge is 2.34. The molecule has 0 radical (unpaired) electrons. The standard InChI is InChI=1S/C13H16F3N3O2/c1-19(2)12(21)18-8-7-17-11(20)9-5-3-4-6-10(9)13(14,15)16/h3-6H,7-8H2,1-2H3,(H,17,20)(H,18,21).